The zero-order valence-electron chi connectivity index (χ0n) is 9.17. The Morgan fingerprint density at radius 3 is 2.71 bits per heavy atom. The minimum Gasteiger partial charge on any atom is -0.375 e. The molecule has 0 bridgehead atoms. The fraction of sp³-hybridized carbons (Fsp3) is 1.00. The molecule has 2 heterocycles. The molecule has 0 amide bonds. The molecular weight excluding hydrogens is 176 g/mol. The van der Waals surface area contributed by atoms with Crippen molar-refractivity contribution in [3.8, 4) is 0 Å². The van der Waals surface area contributed by atoms with Crippen LogP contribution in [0.1, 0.15) is 32.6 Å². The van der Waals surface area contributed by atoms with Gasteiger partial charge in [-0.3, -0.25) is 0 Å². The molecule has 3 nitrogen and oxygen atoms in total. The lowest BCUT2D eigenvalue weighted by molar-refractivity contribution is -0.115. The molecule has 2 fully saturated rings. The lowest BCUT2D eigenvalue weighted by Crippen LogP contribution is -2.51. The molecule has 2 aliphatic rings. The highest BCUT2D eigenvalue weighted by Crippen LogP contribution is 2.34. The summed E-state index contributed by atoms with van der Waals surface area (Å²) in [6.07, 6.45) is 4.47. The van der Waals surface area contributed by atoms with E-state index in [9.17, 15) is 0 Å². The van der Waals surface area contributed by atoms with E-state index in [1.165, 1.54) is 32.5 Å². The van der Waals surface area contributed by atoms with Crippen molar-refractivity contribution in [1.82, 2.24) is 4.90 Å². The summed E-state index contributed by atoms with van der Waals surface area (Å²) >= 11 is 0. The van der Waals surface area contributed by atoms with E-state index in [1.54, 1.807) is 0 Å². The van der Waals surface area contributed by atoms with Crippen LogP contribution in [0.2, 0.25) is 0 Å². The minimum absolute atomic E-state index is 0.142. The molecular formula is C11H22N2O. The zero-order chi connectivity index (χ0) is 10.0. The summed E-state index contributed by atoms with van der Waals surface area (Å²) in [6.45, 7) is 6.63. The Hall–Kier alpha value is -0.120. The van der Waals surface area contributed by atoms with Gasteiger partial charge in [0.1, 0.15) is 0 Å². The Bertz CT molecular complexity index is 188. The Morgan fingerprint density at radius 2 is 2.14 bits per heavy atom. The van der Waals surface area contributed by atoms with E-state index in [4.69, 9.17) is 10.5 Å². The Labute approximate surface area is 86.6 Å². The second-order valence-corrected chi connectivity index (χ2v) is 4.72. The van der Waals surface area contributed by atoms with Gasteiger partial charge in [0, 0.05) is 25.7 Å². The molecule has 1 spiro atoms. The predicted molar refractivity (Wildman–Crippen MR) is 57.2 cm³/mol. The van der Waals surface area contributed by atoms with Gasteiger partial charge in [0.25, 0.3) is 0 Å². The van der Waals surface area contributed by atoms with E-state index in [-0.39, 0.29) is 5.60 Å². The molecule has 82 valence electrons. The molecule has 3 heteroatoms. The van der Waals surface area contributed by atoms with Crippen molar-refractivity contribution in [1.29, 1.82) is 0 Å². The number of hydrogen-bond donors (Lipinski definition) is 1. The highest BCUT2D eigenvalue weighted by atomic mass is 16.5. The van der Waals surface area contributed by atoms with Gasteiger partial charge in [-0.1, -0.05) is 6.92 Å². The first kappa shape index (κ1) is 10.4. The van der Waals surface area contributed by atoms with Crippen LogP contribution < -0.4 is 5.73 Å². The van der Waals surface area contributed by atoms with Crippen molar-refractivity contribution in [3.05, 3.63) is 0 Å². The number of likely N-dealkylation sites (tertiary alicyclic amines) is 1. The van der Waals surface area contributed by atoms with Gasteiger partial charge in [0.2, 0.25) is 0 Å². The lowest BCUT2D eigenvalue weighted by atomic mass is 9.82. The molecule has 2 N–H and O–H groups in total. The number of rotatable bonds is 1. The fourth-order valence-electron chi connectivity index (χ4n) is 2.69. The first-order chi connectivity index (χ1) is 6.74. The van der Waals surface area contributed by atoms with Crippen molar-refractivity contribution in [2.24, 2.45) is 5.73 Å². The van der Waals surface area contributed by atoms with Crippen LogP contribution in [0.15, 0.2) is 0 Å². The largest absolute Gasteiger partial charge is 0.375 e. The van der Waals surface area contributed by atoms with E-state index in [2.05, 4.69) is 11.8 Å². The van der Waals surface area contributed by atoms with Crippen LogP contribution >= 0.6 is 0 Å². The summed E-state index contributed by atoms with van der Waals surface area (Å²) in [6, 6.07) is 0.372. The van der Waals surface area contributed by atoms with Crippen molar-refractivity contribution < 1.29 is 4.74 Å². The monoisotopic (exact) mass is 198 g/mol. The molecule has 2 saturated heterocycles. The SMILES string of the molecule is CCN1CCC2(CC1)CC(N)CCO2. The van der Waals surface area contributed by atoms with Crippen LogP contribution in [0.25, 0.3) is 0 Å². The van der Waals surface area contributed by atoms with Crippen LogP contribution in [0, 0.1) is 0 Å². The van der Waals surface area contributed by atoms with Crippen LogP contribution in [-0.4, -0.2) is 42.8 Å². The number of nitrogens with zero attached hydrogens (tertiary/aromatic N) is 1. The van der Waals surface area contributed by atoms with Crippen molar-refractivity contribution >= 4 is 0 Å². The highest BCUT2D eigenvalue weighted by Gasteiger charge is 2.38. The quantitative estimate of drug-likeness (QED) is 0.682. The fourth-order valence-corrected chi connectivity index (χ4v) is 2.69. The molecule has 0 aromatic rings. The van der Waals surface area contributed by atoms with Crippen molar-refractivity contribution in [2.45, 2.75) is 44.2 Å². The maximum atomic E-state index is 6.01. The van der Waals surface area contributed by atoms with Crippen LogP contribution in [0.3, 0.4) is 0 Å². The number of nitrogens with two attached hydrogens (primary N) is 1. The summed E-state index contributed by atoms with van der Waals surface area (Å²) in [5.41, 5.74) is 6.16. The summed E-state index contributed by atoms with van der Waals surface area (Å²) in [5.74, 6) is 0. The highest BCUT2D eigenvalue weighted by molar-refractivity contribution is 4.92. The Kier molecular flexibility index (Phi) is 3.10. The van der Waals surface area contributed by atoms with Gasteiger partial charge >= 0.3 is 0 Å². The van der Waals surface area contributed by atoms with E-state index in [0.717, 1.165) is 19.4 Å². The third-order valence-electron chi connectivity index (χ3n) is 3.75. The summed E-state index contributed by atoms with van der Waals surface area (Å²) in [7, 11) is 0. The second-order valence-electron chi connectivity index (χ2n) is 4.72. The molecule has 2 aliphatic heterocycles. The number of hydrogen-bond acceptors (Lipinski definition) is 3. The van der Waals surface area contributed by atoms with Gasteiger partial charge < -0.3 is 15.4 Å². The number of piperidine rings is 1. The lowest BCUT2D eigenvalue weighted by Gasteiger charge is -2.45. The summed E-state index contributed by atoms with van der Waals surface area (Å²) in [4.78, 5) is 2.49. The molecule has 0 aliphatic carbocycles. The Morgan fingerprint density at radius 1 is 1.43 bits per heavy atom. The molecule has 0 radical (unpaired) electrons. The smallest absolute Gasteiger partial charge is 0.0721 e. The second kappa shape index (κ2) is 4.17. The van der Waals surface area contributed by atoms with E-state index >= 15 is 0 Å². The average Bonchev–Trinajstić information content (AvgIpc) is 2.19. The summed E-state index contributed by atoms with van der Waals surface area (Å²) < 4.78 is 5.96. The molecule has 2 rings (SSSR count). The minimum atomic E-state index is 0.142. The third-order valence-corrected chi connectivity index (χ3v) is 3.75. The Balaban J connectivity index is 1.91. The molecule has 0 aromatic heterocycles. The van der Waals surface area contributed by atoms with Gasteiger partial charge in [-0.15, -0.1) is 0 Å². The van der Waals surface area contributed by atoms with Gasteiger partial charge in [0.15, 0.2) is 0 Å². The van der Waals surface area contributed by atoms with E-state index in [0.29, 0.717) is 6.04 Å². The van der Waals surface area contributed by atoms with Gasteiger partial charge in [-0.2, -0.15) is 0 Å². The van der Waals surface area contributed by atoms with E-state index < -0.39 is 0 Å². The molecule has 0 aromatic carbocycles. The van der Waals surface area contributed by atoms with Gasteiger partial charge in [0.05, 0.1) is 5.60 Å². The molecule has 1 atom stereocenters. The van der Waals surface area contributed by atoms with Crippen molar-refractivity contribution in [2.75, 3.05) is 26.2 Å². The standard InChI is InChI=1S/C11H22N2O/c1-2-13-6-4-11(5-7-13)9-10(12)3-8-14-11/h10H,2-9,12H2,1H3. The first-order valence-corrected chi connectivity index (χ1v) is 5.86. The van der Waals surface area contributed by atoms with Crippen LogP contribution in [0.4, 0.5) is 0 Å². The molecule has 1 unspecified atom stereocenters. The van der Waals surface area contributed by atoms with Crippen LogP contribution in [-0.2, 0) is 4.74 Å². The maximum absolute atomic E-state index is 6.01. The van der Waals surface area contributed by atoms with E-state index in [1.807, 2.05) is 0 Å². The predicted octanol–water partition coefficient (Wildman–Crippen LogP) is 0.979. The summed E-state index contributed by atoms with van der Waals surface area (Å²) in [5, 5.41) is 0. The van der Waals surface area contributed by atoms with Crippen LogP contribution in [0.5, 0.6) is 0 Å². The van der Waals surface area contributed by atoms with Gasteiger partial charge in [-0.05, 0) is 32.2 Å². The normalized spacial score (nSPS) is 33.4. The van der Waals surface area contributed by atoms with Crippen molar-refractivity contribution in [3.63, 3.8) is 0 Å². The maximum Gasteiger partial charge on any atom is 0.0721 e. The number of ether oxygens (including phenoxy) is 1. The first-order valence-electron chi connectivity index (χ1n) is 5.86. The topological polar surface area (TPSA) is 38.5 Å². The molecule has 0 saturated carbocycles. The average molecular weight is 198 g/mol. The van der Waals surface area contributed by atoms with Gasteiger partial charge in [-0.25, -0.2) is 0 Å². The molecule has 14 heavy (non-hydrogen) atoms. The zero-order valence-corrected chi connectivity index (χ0v) is 9.17. The third kappa shape index (κ3) is 2.10.